The number of hydrogen-bond donors (Lipinski definition) is 1. The molecule has 1 heterocycles. The van der Waals surface area contributed by atoms with E-state index in [0.717, 1.165) is 19.0 Å². The molecule has 16 heavy (non-hydrogen) atoms. The Morgan fingerprint density at radius 2 is 2.19 bits per heavy atom. The number of aromatic nitrogens is 1. The van der Waals surface area contributed by atoms with Gasteiger partial charge in [0.15, 0.2) is 5.01 Å². The number of thiazole rings is 1. The molecule has 88 valence electrons. The summed E-state index contributed by atoms with van der Waals surface area (Å²) >= 11 is 0.508. The predicted octanol–water partition coefficient (Wildman–Crippen LogP) is 3.09. The van der Waals surface area contributed by atoms with E-state index in [1.165, 1.54) is 0 Å². The lowest BCUT2D eigenvalue weighted by molar-refractivity contribution is -0.137. The van der Waals surface area contributed by atoms with Crippen LogP contribution in [0, 0.1) is 0 Å². The third-order valence-corrected chi connectivity index (χ3v) is 3.71. The molecule has 0 saturated heterocycles. The van der Waals surface area contributed by atoms with Gasteiger partial charge in [-0.3, -0.25) is 0 Å². The highest BCUT2D eigenvalue weighted by Crippen LogP contribution is 2.39. The Labute approximate surface area is 94.4 Å². The van der Waals surface area contributed by atoms with Crippen molar-refractivity contribution in [2.75, 3.05) is 0 Å². The number of hydrogen-bond acceptors (Lipinski definition) is 3. The van der Waals surface area contributed by atoms with E-state index in [9.17, 15) is 18.3 Å². The van der Waals surface area contributed by atoms with E-state index < -0.39 is 16.8 Å². The van der Waals surface area contributed by atoms with E-state index >= 15 is 0 Å². The van der Waals surface area contributed by atoms with Crippen LogP contribution in [0.4, 0.5) is 13.2 Å². The van der Waals surface area contributed by atoms with E-state index in [2.05, 4.69) is 4.98 Å². The summed E-state index contributed by atoms with van der Waals surface area (Å²) in [6, 6.07) is 0. The minimum atomic E-state index is -4.43. The molecule has 1 aromatic rings. The van der Waals surface area contributed by atoms with Crippen LogP contribution in [-0.4, -0.2) is 10.1 Å². The first-order valence-electron chi connectivity index (χ1n) is 4.85. The topological polar surface area (TPSA) is 33.1 Å². The summed E-state index contributed by atoms with van der Waals surface area (Å²) in [5.74, 6) is 0. The molecule has 1 atom stereocenters. The van der Waals surface area contributed by atoms with Gasteiger partial charge in [0.25, 0.3) is 0 Å². The van der Waals surface area contributed by atoms with Crippen LogP contribution < -0.4 is 0 Å². The summed E-state index contributed by atoms with van der Waals surface area (Å²) < 4.78 is 37.0. The second-order valence-corrected chi connectivity index (χ2v) is 4.78. The normalized spacial score (nSPS) is 26.0. The minimum Gasteiger partial charge on any atom is -0.380 e. The second-order valence-electron chi connectivity index (χ2n) is 3.75. The molecule has 2 nitrogen and oxygen atoms in total. The predicted molar refractivity (Wildman–Crippen MR) is 54.0 cm³/mol. The fraction of sp³-hybridized carbons (Fsp3) is 0.500. The molecule has 1 unspecified atom stereocenters. The van der Waals surface area contributed by atoms with Crippen molar-refractivity contribution < 1.29 is 18.3 Å². The largest absolute Gasteiger partial charge is 0.443 e. The van der Waals surface area contributed by atoms with Crippen LogP contribution >= 0.6 is 11.3 Å². The van der Waals surface area contributed by atoms with E-state index in [1.54, 1.807) is 12.2 Å². The lowest BCUT2D eigenvalue weighted by Crippen LogP contribution is -2.23. The van der Waals surface area contributed by atoms with Crippen molar-refractivity contribution in [1.82, 2.24) is 4.98 Å². The molecule has 0 aromatic carbocycles. The zero-order chi connectivity index (χ0) is 11.8. The lowest BCUT2D eigenvalue weighted by atomic mass is 9.90. The molecule has 0 fully saturated rings. The summed E-state index contributed by atoms with van der Waals surface area (Å²) in [7, 11) is 0. The van der Waals surface area contributed by atoms with Gasteiger partial charge < -0.3 is 5.11 Å². The molecule has 1 aliphatic carbocycles. The van der Waals surface area contributed by atoms with Crippen LogP contribution in [-0.2, 0) is 11.8 Å². The Morgan fingerprint density at radius 3 is 2.69 bits per heavy atom. The van der Waals surface area contributed by atoms with E-state index in [0.29, 0.717) is 17.8 Å². The molecular formula is C10H10F3NOS. The van der Waals surface area contributed by atoms with Crippen molar-refractivity contribution in [2.24, 2.45) is 0 Å². The Balaban J connectivity index is 2.31. The molecule has 1 N–H and O–H groups in total. The van der Waals surface area contributed by atoms with Crippen molar-refractivity contribution in [1.29, 1.82) is 0 Å². The Kier molecular flexibility index (Phi) is 2.79. The SMILES string of the molecule is OC1(c2cnc(C(F)(F)F)s2)C=CCCC1. The molecule has 1 aliphatic rings. The van der Waals surface area contributed by atoms with Crippen molar-refractivity contribution >= 4 is 11.3 Å². The highest BCUT2D eigenvalue weighted by atomic mass is 32.1. The van der Waals surface area contributed by atoms with Crippen LogP contribution in [0.15, 0.2) is 18.3 Å². The summed E-state index contributed by atoms with van der Waals surface area (Å²) in [6.07, 6.45) is 2.10. The monoisotopic (exact) mass is 249 g/mol. The molecule has 0 aliphatic heterocycles. The zero-order valence-corrected chi connectivity index (χ0v) is 9.11. The molecule has 0 amide bonds. The molecular weight excluding hydrogens is 239 g/mol. The highest BCUT2D eigenvalue weighted by molar-refractivity contribution is 7.11. The van der Waals surface area contributed by atoms with Gasteiger partial charge >= 0.3 is 6.18 Å². The summed E-state index contributed by atoms with van der Waals surface area (Å²) in [4.78, 5) is 3.57. The average molecular weight is 249 g/mol. The maximum Gasteiger partial charge on any atom is 0.443 e. The number of rotatable bonds is 1. The van der Waals surface area contributed by atoms with Gasteiger partial charge in [-0.25, -0.2) is 4.98 Å². The van der Waals surface area contributed by atoms with Gasteiger partial charge in [-0.1, -0.05) is 12.2 Å². The van der Waals surface area contributed by atoms with Gasteiger partial charge in [0.1, 0.15) is 5.60 Å². The van der Waals surface area contributed by atoms with E-state index in [-0.39, 0.29) is 4.88 Å². The maximum atomic E-state index is 12.3. The van der Waals surface area contributed by atoms with Crippen LogP contribution in [0.3, 0.4) is 0 Å². The average Bonchev–Trinajstić information content (AvgIpc) is 2.67. The van der Waals surface area contributed by atoms with Gasteiger partial charge in [0.05, 0.1) is 4.88 Å². The molecule has 0 radical (unpaired) electrons. The Bertz CT molecular complexity index is 412. The number of alkyl halides is 3. The first-order chi connectivity index (χ1) is 7.42. The van der Waals surface area contributed by atoms with E-state index in [1.807, 2.05) is 0 Å². The van der Waals surface area contributed by atoms with E-state index in [4.69, 9.17) is 0 Å². The molecule has 2 rings (SSSR count). The molecule has 0 saturated carbocycles. The highest BCUT2D eigenvalue weighted by Gasteiger charge is 2.38. The molecule has 0 bridgehead atoms. The fourth-order valence-electron chi connectivity index (χ4n) is 1.66. The summed E-state index contributed by atoms with van der Waals surface area (Å²) in [5, 5.41) is 9.23. The minimum absolute atomic E-state index is 0.260. The quantitative estimate of drug-likeness (QED) is 0.776. The van der Waals surface area contributed by atoms with Crippen LogP contribution in [0.1, 0.15) is 29.1 Å². The smallest absolute Gasteiger partial charge is 0.380 e. The van der Waals surface area contributed by atoms with Gasteiger partial charge in [0, 0.05) is 6.20 Å². The van der Waals surface area contributed by atoms with Crippen molar-refractivity contribution in [3.63, 3.8) is 0 Å². The number of halogens is 3. The van der Waals surface area contributed by atoms with Gasteiger partial charge in [-0.2, -0.15) is 13.2 Å². The number of allylic oxidation sites excluding steroid dienone is 1. The lowest BCUT2D eigenvalue weighted by Gasteiger charge is -2.25. The summed E-state index contributed by atoms with van der Waals surface area (Å²) in [5.41, 5.74) is -1.26. The number of nitrogens with zero attached hydrogens (tertiary/aromatic N) is 1. The third-order valence-electron chi connectivity index (χ3n) is 2.50. The van der Waals surface area contributed by atoms with Crippen LogP contribution in [0.25, 0.3) is 0 Å². The Morgan fingerprint density at radius 1 is 1.44 bits per heavy atom. The van der Waals surface area contributed by atoms with Gasteiger partial charge in [0.2, 0.25) is 0 Å². The van der Waals surface area contributed by atoms with Crippen molar-refractivity contribution in [2.45, 2.75) is 31.0 Å². The van der Waals surface area contributed by atoms with Gasteiger partial charge in [-0.15, -0.1) is 11.3 Å². The van der Waals surface area contributed by atoms with Crippen LogP contribution in [0.2, 0.25) is 0 Å². The summed E-state index contributed by atoms with van der Waals surface area (Å²) in [6.45, 7) is 0. The molecule has 6 heteroatoms. The molecule has 0 spiro atoms. The van der Waals surface area contributed by atoms with Crippen molar-refractivity contribution in [3.8, 4) is 0 Å². The maximum absolute atomic E-state index is 12.3. The van der Waals surface area contributed by atoms with Gasteiger partial charge in [-0.05, 0) is 19.3 Å². The second kappa shape index (κ2) is 3.85. The zero-order valence-electron chi connectivity index (χ0n) is 8.29. The third kappa shape index (κ3) is 2.12. The fourth-order valence-corrected chi connectivity index (χ4v) is 2.54. The standard InChI is InChI=1S/C10H10F3NOS/c11-10(12,13)8-14-6-7(16-8)9(15)4-2-1-3-5-9/h2,4,6,15H,1,3,5H2. The Hall–Kier alpha value is -0.880. The van der Waals surface area contributed by atoms with Crippen LogP contribution in [0.5, 0.6) is 0 Å². The molecule has 1 aromatic heterocycles. The first-order valence-corrected chi connectivity index (χ1v) is 5.67. The van der Waals surface area contributed by atoms with Crippen molar-refractivity contribution in [3.05, 3.63) is 28.2 Å². The first kappa shape index (κ1) is 11.6. The number of aliphatic hydroxyl groups is 1.